The van der Waals surface area contributed by atoms with Crippen LogP contribution in [0.4, 0.5) is 8.78 Å². The van der Waals surface area contributed by atoms with E-state index in [0.29, 0.717) is 5.56 Å². The standard InChI is InChI=1S/C16H13BrF2O/c17-12-3-4-13-11(8-12)2-6-16(13)20-9-10-1-5-14(18)15(19)7-10/h1,3-5,7-8,16H,2,6,9H2. The van der Waals surface area contributed by atoms with E-state index in [4.69, 9.17) is 4.74 Å². The Morgan fingerprint density at radius 2 is 1.95 bits per heavy atom. The molecule has 1 aliphatic rings. The van der Waals surface area contributed by atoms with E-state index < -0.39 is 11.6 Å². The van der Waals surface area contributed by atoms with Crippen molar-refractivity contribution in [3.63, 3.8) is 0 Å². The van der Waals surface area contributed by atoms with Gasteiger partial charge in [0.1, 0.15) is 0 Å². The molecule has 0 bridgehead atoms. The maximum Gasteiger partial charge on any atom is 0.159 e. The molecule has 0 N–H and O–H groups in total. The molecule has 0 fully saturated rings. The van der Waals surface area contributed by atoms with Crippen LogP contribution in [0.3, 0.4) is 0 Å². The summed E-state index contributed by atoms with van der Waals surface area (Å²) in [5.74, 6) is -1.66. The fourth-order valence-electron chi connectivity index (χ4n) is 2.55. The van der Waals surface area contributed by atoms with E-state index in [1.165, 1.54) is 17.2 Å². The van der Waals surface area contributed by atoms with Crippen LogP contribution in [0, 0.1) is 11.6 Å². The van der Waals surface area contributed by atoms with E-state index >= 15 is 0 Å². The first-order chi connectivity index (χ1) is 9.63. The summed E-state index contributed by atoms with van der Waals surface area (Å²) in [5, 5.41) is 0. The Labute approximate surface area is 124 Å². The van der Waals surface area contributed by atoms with E-state index in [1.54, 1.807) is 6.07 Å². The van der Waals surface area contributed by atoms with Gasteiger partial charge < -0.3 is 4.74 Å². The molecule has 0 saturated carbocycles. The molecule has 0 aromatic heterocycles. The molecule has 0 saturated heterocycles. The van der Waals surface area contributed by atoms with Crippen LogP contribution in [-0.4, -0.2) is 0 Å². The van der Waals surface area contributed by atoms with Crippen LogP contribution in [0.25, 0.3) is 0 Å². The predicted molar refractivity (Wildman–Crippen MR) is 76.4 cm³/mol. The summed E-state index contributed by atoms with van der Waals surface area (Å²) in [6, 6.07) is 10.0. The summed E-state index contributed by atoms with van der Waals surface area (Å²) < 4.78 is 32.9. The molecule has 0 heterocycles. The molecule has 0 radical (unpaired) electrons. The highest BCUT2D eigenvalue weighted by molar-refractivity contribution is 9.10. The molecule has 4 heteroatoms. The highest BCUT2D eigenvalue weighted by Gasteiger charge is 2.23. The van der Waals surface area contributed by atoms with Crippen molar-refractivity contribution < 1.29 is 13.5 Å². The first-order valence-electron chi connectivity index (χ1n) is 6.47. The quantitative estimate of drug-likeness (QED) is 0.770. The van der Waals surface area contributed by atoms with Gasteiger partial charge in [0, 0.05) is 4.47 Å². The van der Waals surface area contributed by atoms with Gasteiger partial charge >= 0.3 is 0 Å². The Hall–Kier alpha value is -1.26. The minimum absolute atomic E-state index is 0.0335. The fraction of sp³-hybridized carbons (Fsp3) is 0.250. The lowest BCUT2D eigenvalue weighted by atomic mass is 10.1. The molecule has 2 aromatic rings. The largest absolute Gasteiger partial charge is 0.369 e. The molecule has 104 valence electrons. The van der Waals surface area contributed by atoms with Gasteiger partial charge in [-0.1, -0.05) is 28.1 Å². The first kappa shape index (κ1) is 13.7. The van der Waals surface area contributed by atoms with E-state index in [0.717, 1.165) is 23.4 Å². The highest BCUT2D eigenvalue weighted by atomic mass is 79.9. The summed E-state index contributed by atoms with van der Waals surface area (Å²) in [4.78, 5) is 0. The van der Waals surface area contributed by atoms with Crippen molar-refractivity contribution in [1.82, 2.24) is 0 Å². The van der Waals surface area contributed by atoms with E-state index in [1.807, 2.05) is 6.07 Å². The molecule has 1 unspecified atom stereocenters. The third-order valence-electron chi connectivity index (χ3n) is 3.56. The Morgan fingerprint density at radius 1 is 1.10 bits per heavy atom. The molecule has 0 amide bonds. The number of hydrogen-bond donors (Lipinski definition) is 0. The summed E-state index contributed by atoms with van der Waals surface area (Å²) >= 11 is 3.46. The second-order valence-electron chi connectivity index (χ2n) is 4.93. The average Bonchev–Trinajstić information content (AvgIpc) is 2.82. The minimum atomic E-state index is -0.832. The van der Waals surface area contributed by atoms with Crippen LogP contribution in [0.1, 0.15) is 29.2 Å². The number of hydrogen-bond acceptors (Lipinski definition) is 1. The fourth-order valence-corrected chi connectivity index (χ4v) is 2.95. The maximum absolute atomic E-state index is 13.1. The molecular formula is C16H13BrF2O. The van der Waals surface area contributed by atoms with Gasteiger partial charge in [-0.25, -0.2) is 8.78 Å². The smallest absolute Gasteiger partial charge is 0.159 e. The van der Waals surface area contributed by atoms with Crippen molar-refractivity contribution in [3.8, 4) is 0 Å². The van der Waals surface area contributed by atoms with E-state index in [-0.39, 0.29) is 12.7 Å². The molecule has 2 aromatic carbocycles. The molecule has 1 aliphatic carbocycles. The summed E-state index contributed by atoms with van der Waals surface area (Å²) in [6.45, 7) is 0.289. The predicted octanol–water partition coefficient (Wildman–Crippen LogP) is 4.93. The van der Waals surface area contributed by atoms with Crippen molar-refractivity contribution in [2.24, 2.45) is 0 Å². The maximum atomic E-state index is 13.1. The molecule has 0 aliphatic heterocycles. The molecule has 1 nitrogen and oxygen atoms in total. The number of aryl methyl sites for hydroxylation is 1. The zero-order valence-electron chi connectivity index (χ0n) is 10.7. The average molecular weight is 339 g/mol. The second kappa shape index (κ2) is 5.62. The first-order valence-corrected chi connectivity index (χ1v) is 7.26. The third kappa shape index (κ3) is 2.76. The highest BCUT2D eigenvalue weighted by Crippen LogP contribution is 2.36. The topological polar surface area (TPSA) is 9.23 Å². The molecule has 3 rings (SSSR count). The monoisotopic (exact) mass is 338 g/mol. The van der Waals surface area contributed by atoms with Gasteiger partial charge in [0.2, 0.25) is 0 Å². The van der Waals surface area contributed by atoms with Gasteiger partial charge in [-0.2, -0.15) is 0 Å². The molecule has 20 heavy (non-hydrogen) atoms. The van der Waals surface area contributed by atoms with Crippen LogP contribution >= 0.6 is 15.9 Å². The molecule has 1 atom stereocenters. The van der Waals surface area contributed by atoms with Crippen LogP contribution in [-0.2, 0) is 17.8 Å². The van der Waals surface area contributed by atoms with Gasteiger partial charge in [-0.05, 0) is 53.8 Å². The molecule has 0 spiro atoms. The van der Waals surface area contributed by atoms with Crippen molar-refractivity contribution >= 4 is 15.9 Å². The number of fused-ring (bicyclic) bond motifs is 1. The van der Waals surface area contributed by atoms with Crippen molar-refractivity contribution in [1.29, 1.82) is 0 Å². The SMILES string of the molecule is Fc1ccc(COC2CCc3cc(Br)ccc32)cc1F. The number of halogens is 3. The van der Waals surface area contributed by atoms with Crippen LogP contribution in [0.5, 0.6) is 0 Å². The van der Waals surface area contributed by atoms with Gasteiger partial charge in [0.05, 0.1) is 12.7 Å². The Morgan fingerprint density at radius 3 is 2.75 bits per heavy atom. The number of rotatable bonds is 3. The minimum Gasteiger partial charge on any atom is -0.369 e. The summed E-state index contributed by atoms with van der Waals surface area (Å²) in [6.07, 6.45) is 1.94. The van der Waals surface area contributed by atoms with Gasteiger partial charge in [0.25, 0.3) is 0 Å². The van der Waals surface area contributed by atoms with Gasteiger partial charge in [-0.15, -0.1) is 0 Å². The van der Waals surface area contributed by atoms with Crippen LogP contribution in [0.2, 0.25) is 0 Å². The van der Waals surface area contributed by atoms with Gasteiger partial charge in [0.15, 0.2) is 11.6 Å². The summed E-state index contributed by atoms with van der Waals surface area (Å²) in [5.41, 5.74) is 3.12. The van der Waals surface area contributed by atoms with E-state index in [9.17, 15) is 8.78 Å². The van der Waals surface area contributed by atoms with E-state index in [2.05, 4.69) is 28.1 Å². The zero-order valence-corrected chi connectivity index (χ0v) is 12.3. The second-order valence-corrected chi connectivity index (χ2v) is 5.85. The summed E-state index contributed by atoms with van der Waals surface area (Å²) in [7, 11) is 0. The van der Waals surface area contributed by atoms with Crippen molar-refractivity contribution in [2.75, 3.05) is 0 Å². The van der Waals surface area contributed by atoms with Crippen LogP contribution in [0.15, 0.2) is 40.9 Å². The lowest BCUT2D eigenvalue weighted by molar-refractivity contribution is 0.0409. The number of benzene rings is 2. The lowest BCUT2D eigenvalue weighted by Crippen LogP contribution is -2.01. The Bertz CT molecular complexity index is 642. The zero-order chi connectivity index (χ0) is 14.1. The Kier molecular flexibility index (Phi) is 3.85. The normalized spacial score (nSPS) is 17.2. The molecular weight excluding hydrogens is 326 g/mol. The lowest BCUT2D eigenvalue weighted by Gasteiger charge is -2.13. The number of ether oxygens (including phenoxy) is 1. The van der Waals surface area contributed by atoms with Crippen molar-refractivity contribution in [2.45, 2.75) is 25.6 Å². The third-order valence-corrected chi connectivity index (χ3v) is 4.06. The van der Waals surface area contributed by atoms with Crippen LogP contribution < -0.4 is 0 Å². The van der Waals surface area contributed by atoms with Crippen molar-refractivity contribution in [3.05, 3.63) is 69.2 Å². The van der Waals surface area contributed by atoms with Gasteiger partial charge in [-0.3, -0.25) is 0 Å². The Balaban J connectivity index is 1.70.